The number of amides is 1. The van der Waals surface area contributed by atoms with Gasteiger partial charge >= 0.3 is 0 Å². The zero-order valence-electron chi connectivity index (χ0n) is 10.4. The van der Waals surface area contributed by atoms with Gasteiger partial charge in [0.1, 0.15) is 0 Å². The molecule has 3 rings (SSSR count). The maximum Gasteiger partial charge on any atom is 0.231 e. The predicted octanol–water partition coefficient (Wildman–Crippen LogP) is 1.82. The summed E-state index contributed by atoms with van der Waals surface area (Å²) in [5.41, 5.74) is 1.21. The molecule has 2 aliphatic rings. The maximum absolute atomic E-state index is 12.2. The molecule has 0 radical (unpaired) electrons. The Morgan fingerprint density at radius 2 is 1.83 bits per heavy atom. The zero-order chi connectivity index (χ0) is 11.7. The normalized spacial score (nSPS) is 21.3. The van der Waals surface area contributed by atoms with E-state index in [1.54, 1.807) is 0 Å². The summed E-state index contributed by atoms with van der Waals surface area (Å²) in [4.78, 5) is 14.2. The van der Waals surface area contributed by atoms with Crippen molar-refractivity contribution in [3.8, 4) is 0 Å². The van der Waals surface area contributed by atoms with E-state index >= 15 is 0 Å². The highest BCUT2D eigenvalue weighted by Crippen LogP contribution is 2.40. The minimum atomic E-state index is -0.0139. The van der Waals surface area contributed by atoms with Gasteiger partial charge in [-0.3, -0.25) is 4.79 Å². The molecule has 0 aromatic heterocycles. The molecule has 1 spiro atoms. The van der Waals surface area contributed by atoms with E-state index in [1.807, 2.05) is 23.1 Å². The predicted molar refractivity (Wildman–Crippen MR) is 73.6 cm³/mol. The molecule has 18 heavy (non-hydrogen) atoms. The highest BCUT2D eigenvalue weighted by Gasteiger charge is 2.51. The van der Waals surface area contributed by atoms with Crippen molar-refractivity contribution >= 4 is 18.3 Å². The van der Waals surface area contributed by atoms with Crippen molar-refractivity contribution in [2.75, 3.05) is 19.6 Å². The lowest BCUT2D eigenvalue weighted by atomic mass is 9.71. The van der Waals surface area contributed by atoms with Crippen LogP contribution in [0.2, 0.25) is 0 Å². The van der Waals surface area contributed by atoms with Gasteiger partial charge in [-0.1, -0.05) is 30.3 Å². The number of nitrogens with one attached hydrogen (secondary N) is 1. The lowest BCUT2D eigenvalue weighted by molar-refractivity contribution is -0.164. The number of carbonyl (C=O) groups is 1. The standard InChI is InChI=1S/C14H18N2O.ClH/c17-13-14(6-8-15-9-7-14)11-16(13)10-12-4-2-1-3-5-12;/h1-5,15H,6-11H2;1H. The second kappa shape index (κ2) is 5.29. The van der Waals surface area contributed by atoms with Crippen molar-refractivity contribution in [2.45, 2.75) is 19.4 Å². The molecule has 4 heteroatoms. The van der Waals surface area contributed by atoms with Crippen LogP contribution < -0.4 is 5.32 Å². The highest BCUT2D eigenvalue weighted by molar-refractivity contribution is 5.88. The first kappa shape index (κ1) is 13.4. The Kier molecular flexibility index (Phi) is 3.93. The van der Waals surface area contributed by atoms with Gasteiger partial charge in [-0.15, -0.1) is 12.4 Å². The number of carbonyl (C=O) groups excluding carboxylic acids is 1. The average molecular weight is 267 g/mol. The number of benzene rings is 1. The molecule has 1 N–H and O–H groups in total. The molecule has 1 aromatic carbocycles. The molecule has 2 heterocycles. The molecular formula is C14H19ClN2O. The minimum absolute atomic E-state index is 0. The van der Waals surface area contributed by atoms with E-state index in [4.69, 9.17) is 0 Å². The number of nitrogens with zero attached hydrogens (tertiary/aromatic N) is 1. The molecule has 0 bridgehead atoms. The van der Waals surface area contributed by atoms with Gasteiger partial charge < -0.3 is 10.2 Å². The van der Waals surface area contributed by atoms with E-state index in [0.717, 1.165) is 39.0 Å². The topological polar surface area (TPSA) is 32.3 Å². The molecule has 3 nitrogen and oxygen atoms in total. The fourth-order valence-corrected chi connectivity index (χ4v) is 2.96. The van der Waals surface area contributed by atoms with Crippen molar-refractivity contribution in [1.29, 1.82) is 0 Å². The molecule has 2 aliphatic heterocycles. The second-order valence-corrected chi connectivity index (χ2v) is 5.18. The van der Waals surface area contributed by atoms with Crippen molar-refractivity contribution in [3.63, 3.8) is 0 Å². The van der Waals surface area contributed by atoms with Gasteiger partial charge in [0.25, 0.3) is 0 Å². The summed E-state index contributed by atoms with van der Waals surface area (Å²) in [5, 5.41) is 3.32. The van der Waals surface area contributed by atoms with Gasteiger partial charge in [-0.05, 0) is 31.5 Å². The first-order valence-electron chi connectivity index (χ1n) is 6.34. The van der Waals surface area contributed by atoms with E-state index in [2.05, 4.69) is 17.4 Å². The quantitative estimate of drug-likeness (QED) is 0.829. The van der Waals surface area contributed by atoms with Crippen LogP contribution in [0.1, 0.15) is 18.4 Å². The van der Waals surface area contributed by atoms with Crippen LogP contribution in [0.15, 0.2) is 30.3 Å². The van der Waals surface area contributed by atoms with Crippen molar-refractivity contribution < 1.29 is 4.79 Å². The highest BCUT2D eigenvalue weighted by atomic mass is 35.5. The van der Waals surface area contributed by atoms with Crippen LogP contribution in [0, 0.1) is 5.41 Å². The van der Waals surface area contributed by atoms with Gasteiger partial charge in [0.2, 0.25) is 5.91 Å². The van der Waals surface area contributed by atoms with E-state index in [0.29, 0.717) is 5.91 Å². The van der Waals surface area contributed by atoms with E-state index < -0.39 is 0 Å². The van der Waals surface area contributed by atoms with Crippen LogP contribution >= 0.6 is 12.4 Å². The van der Waals surface area contributed by atoms with Gasteiger partial charge in [-0.2, -0.15) is 0 Å². The van der Waals surface area contributed by atoms with E-state index in [-0.39, 0.29) is 17.8 Å². The fourth-order valence-electron chi connectivity index (χ4n) is 2.96. The van der Waals surface area contributed by atoms with Crippen molar-refractivity contribution in [3.05, 3.63) is 35.9 Å². The Morgan fingerprint density at radius 3 is 2.44 bits per heavy atom. The molecule has 98 valence electrons. The zero-order valence-corrected chi connectivity index (χ0v) is 11.2. The van der Waals surface area contributed by atoms with Gasteiger partial charge in [0, 0.05) is 13.1 Å². The molecule has 2 saturated heterocycles. The number of likely N-dealkylation sites (tertiary alicyclic amines) is 1. The third-order valence-electron chi connectivity index (χ3n) is 4.01. The molecule has 1 amide bonds. The van der Waals surface area contributed by atoms with E-state index in [9.17, 15) is 4.79 Å². The number of hydrogen-bond acceptors (Lipinski definition) is 2. The number of halogens is 1. The Bertz CT molecular complexity index is 415. The summed E-state index contributed by atoms with van der Waals surface area (Å²) in [6.45, 7) is 3.70. The van der Waals surface area contributed by atoms with Crippen LogP contribution in [0.4, 0.5) is 0 Å². The molecule has 2 fully saturated rings. The average Bonchev–Trinajstić information content (AvgIpc) is 2.40. The lowest BCUT2D eigenvalue weighted by Crippen LogP contribution is -2.63. The lowest BCUT2D eigenvalue weighted by Gasteiger charge is -2.51. The molecule has 1 aromatic rings. The van der Waals surface area contributed by atoms with Crippen LogP contribution in [0.25, 0.3) is 0 Å². The van der Waals surface area contributed by atoms with Gasteiger partial charge in [-0.25, -0.2) is 0 Å². The number of hydrogen-bond donors (Lipinski definition) is 1. The Labute approximate surface area is 114 Å². The molecule has 0 aliphatic carbocycles. The van der Waals surface area contributed by atoms with Crippen LogP contribution in [0.3, 0.4) is 0 Å². The molecule has 0 atom stereocenters. The minimum Gasteiger partial charge on any atom is -0.337 e. The Hall–Kier alpha value is -1.06. The van der Waals surface area contributed by atoms with Gasteiger partial charge in [0.05, 0.1) is 5.41 Å². The summed E-state index contributed by atoms with van der Waals surface area (Å²) in [5.74, 6) is 0.364. The fraction of sp³-hybridized carbons (Fsp3) is 0.500. The summed E-state index contributed by atoms with van der Waals surface area (Å²) in [6.07, 6.45) is 2.02. The second-order valence-electron chi connectivity index (χ2n) is 5.18. The van der Waals surface area contributed by atoms with Crippen molar-refractivity contribution in [2.24, 2.45) is 5.41 Å². The monoisotopic (exact) mass is 266 g/mol. The smallest absolute Gasteiger partial charge is 0.231 e. The maximum atomic E-state index is 12.2. The molecule has 0 unspecified atom stereocenters. The summed E-state index contributed by atoms with van der Waals surface area (Å²) in [7, 11) is 0. The van der Waals surface area contributed by atoms with E-state index in [1.165, 1.54) is 5.56 Å². The number of rotatable bonds is 2. The van der Waals surface area contributed by atoms with Crippen molar-refractivity contribution in [1.82, 2.24) is 10.2 Å². The van der Waals surface area contributed by atoms with Crippen LogP contribution in [-0.4, -0.2) is 30.4 Å². The van der Waals surface area contributed by atoms with Crippen LogP contribution in [-0.2, 0) is 11.3 Å². The Morgan fingerprint density at radius 1 is 1.17 bits per heavy atom. The summed E-state index contributed by atoms with van der Waals surface area (Å²) in [6, 6.07) is 10.2. The SMILES string of the molecule is Cl.O=C1N(Cc2ccccc2)CC12CCNCC2. The van der Waals surface area contributed by atoms with Gasteiger partial charge in [0.15, 0.2) is 0 Å². The number of β-lactam (4-membered cyclic amide) rings is 1. The molecular weight excluding hydrogens is 248 g/mol. The number of piperidine rings is 1. The first-order chi connectivity index (χ1) is 8.30. The third kappa shape index (κ3) is 2.25. The third-order valence-corrected chi connectivity index (χ3v) is 4.01. The molecule has 0 saturated carbocycles. The summed E-state index contributed by atoms with van der Waals surface area (Å²) >= 11 is 0. The largest absolute Gasteiger partial charge is 0.337 e. The summed E-state index contributed by atoms with van der Waals surface area (Å²) < 4.78 is 0. The Balaban J connectivity index is 0.00000120. The first-order valence-corrected chi connectivity index (χ1v) is 6.34. The van der Waals surface area contributed by atoms with Crippen LogP contribution in [0.5, 0.6) is 0 Å².